The number of carbonyl (C=O) groups is 4. The maximum Gasteiger partial charge on any atom is 0.326 e. The first kappa shape index (κ1) is 17.4. The van der Waals surface area contributed by atoms with Crippen LogP contribution in [0, 0.1) is 0 Å². The summed E-state index contributed by atoms with van der Waals surface area (Å²) in [5, 5.41) is 2.52. The number of imide groups is 1. The number of nitrogens with zero attached hydrogens (tertiary/aromatic N) is 1. The molecule has 2 heterocycles. The zero-order chi connectivity index (χ0) is 18.5. The van der Waals surface area contributed by atoms with E-state index < -0.39 is 36.8 Å². The quantitative estimate of drug-likeness (QED) is 0.602. The molecule has 0 bridgehead atoms. The van der Waals surface area contributed by atoms with Crippen molar-refractivity contribution in [3.8, 4) is 0 Å². The molecular weight excluding hydrogens is 340 g/mol. The minimum Gasteiger partial charge on any atom is -0.467 e. The van der Waals surface area contributed by atoms with Crippen molar-refractivity contribution < 1.29 is 28.3 Å². The van der Waals surface area contributed by atoms with Crippen molar-refractivity contribution in [3.63, 3.8) is 0 Å². The fourth-order valence-corrected chi connectivity index (χ4v) is 2.53. The summed E-state index contributed by atoms with van der Waals surface area (Å²) in [6.07, 6.45) is 1.52. The lowest BCUT2D eigenvalue weighted by molar-refractivity contribution is -0.151. The predicted molar refractivity (Wildman–Crippen MR) is 87.7 cm³/mol. The lowest BCUT2D eigenvalue weighted by Crippen LogP contribution is -2.45. The third-order valence-electron chi connectivity index (χ3n) is 3.83. The summed E-state index contributed by atoms with van der Waals surface area (Å²) in [6, 6.07) is 10.1. The molecule has 2 aromatic rings. The molecule has 1 aromatic heterocycles. The van der Waals surface area contributed by atoms with Crippen LogP contribution in [0.5, 0.6) is 0 Å². The number of benzene rings is 1. The van der Waals surface area contributed by atoms with Crippen molar-refractivity contribution in [1.29, 1.82) is 0 Å². The molecule has 3 rings (SSSR count). The predicted octanol–water partition coefficient (Wildman–Crippen LogP) is 0.664. The Balaban J connectivity index is 1.49. The first-order valence-electron chi connectivity index (χ1n) is 7.92. The van der Waals surface area contributed by atoms with Crippen molar-refractivity contribution in [3.05, 3.63) is 59.5 Å². The van der Waals surface area contributed by atoms with Crippen LogP contribution in [0.4, 0.5) is 0 Å². The Morgan fingerprint density at radius 3 is 2.73 bits per heavy atom. The molecule has 1 N–H and O–H groups in total. The van der Waals surface area contributed by atoms with Crippen LogP contribution in [-0.4, -0.2) is 41.7 Å². The Labute approximate surface area is 148 Å². The highest BCUT2D eigenvalue weighted by atomic mass is 16.5. The van der Waals surface area contributed by atoms with E-state index in [1.165, 1.54) is 6.26 Å². The third kappa shape index (κ3) is 3.97. The van der Waals surface area contributed by atoms with Crippen LogP contribution in [0.15, 0.2) is 47.1 Å². The first-order valence-corrected chi connectivity index (χ1v) is 7.92. The van der Waals surface area contributed by atoms with Gasteiger partial charge < -0.3 is 14.5 Å². The maximum absolute atomic E-state index is 12.3. The molecule has 0 saturated heterocycles. The molecule has 0 radical (unpaired) electrons. The molecule has 1 aromatic carbocycles. The molecule has 8 nitrogen and oxygen atoms in total. The van der Waals surface area contributed by atoms with Crippen molar-refractivity contribution >= 4 is 23.7 Å². The molecule has 8 heteroatoms. The van der Waals surface area contributed by atoms with Gasteiger partial charge in [-0.15, -0.1) is 0 Å². The average molecular weight is 356 g/mol. The minimum absolute atomic E-state index is 0.0405. The number of esters is 1. The van der Waals surface area contributed by atoms with Crippen LogP contribution in [0.2, 0.25) is 0 Å². The van der Waals surface area contributed by atoms with Gasteiger partial charge in [0.15, 0.2) is 6.61 Å². The molecule has 0 spiro atoms. The number of amides is 3. The number of hydrogen-bond acceptors (Lipinski definition) is 6. The van der Waals surface area contributed by atoms with Gasteiger partial charge in [-0.2, -0.15) is 0 Å². The molecule has 134 valence electrons. The second-order valence-corrected chi connectivity index (χ2v) is 5.64. The van der Waals surface area contributed by atoms with Crippen LogP contribution in [0.25, 0.3) is 0 Å². The molecular formula is C18H16N2O6. The zero-order valence-corrected chi connectivity index (χ0v) is 13.8. The number of fused-ring (bicyclic) bond motifs is 1. The number of carbonyl (C=O) groups excluding carboxylic acids is 4. The number of ether oxygens (including phenoxy) is 1. The van der Waals surface area contributed by atoms with Gasteiger partial charge in [-0.3, -0.25) is 24.1 Å². The van der Waals surface area contributed by atoms with E-state index in [1.807, 2.05) is 0 Å². The molecule has 3 amide bonds. The molecule has 0 atom stereocenters. The van der Waals surface area contributed by atoms with E-state index in [2.05, 4.69) is 5.32 Å². The Kier molecular flexibility index (Phi) is 5.12. The van der Waals surface area contributed by atoms with Crippen LogP contribution < -0.4 is 5.32 Å². The highest BCUT2D eigenvalue weighted by Crippen LogP contribution is 2.19. The van der Waals surface area contributed by atoms with Crippen LogP contribution in [0.1, 0.15) is 21.7 Å². The fourth-order valence-electron chi connectivity index (χ4n) is 2.53. The van der Waals surface area contributed by atoms with Gasteiger partial charge in [-0.25, -0.2) is 0 Å². The number of nitrogens with one attached hydrogen (secondary N) is 1. The van der Waals surface area contributed by atoms with E-state index in [-0.39, 0.29) is 13.0 Å². The van der Waals surface area contributed by atoms with Gasteiger partial charge in [0.05, 0.1) is 19.2 Å². The smallest absolute Gasteiger partial charge is 0.326 e. The SMILES string of the molecule is O=C(COC(=O)CN1C(=O)Cc2ccccc2C1=O)NCc1ccco1. The van der Waals surface area contributed by atoms with Crippen molar-refractivity contribution in [2.45, 2.75) is 13.0 Å². The van der Waals surface area contributed by atoms with Crippen molar-refractivity contribution in [1.82, 2.24) is 10.2 Å². The Morgan fingerprint density at radius 2 is 1.96 bits per heavy atom. The minimum atomic E-state index is -0.834. The largest absolute Gasteiger partial charge is 0.467 e. The summed E-state index contributed by atoms with van der Waals surface area (Å²) in [4.78, 5) is 48.8. The summed E-state index contributed by atoms with van der Waals surface area (Å²) >= 11 is 0. The fraction of sp³-hybridized carbons (Fsp3) is 0.222. The number of furan rings is 1. The second-order valence-electron chi connectivity index (χ2n) is 5.64. The lowest BCUT2D eigenvalue weighted by atomic mass is 9.98. The van der Waals surface area contributed by atoms with Gasteiger partial charge in [0.25, 0.3) is 11.8 Å². The van der Waals surface area contributed by atoms with Crippen molar-refractivity contribution in [2.24, 2.45) is 0 Å². The van der Waals surface area contributed by atoms with E-state index >= 15 is 0 Å². The highest BCUT2D eigenvalue weighted by molar-refractivity contribution is 6.11. The van der Waals surface area contributed by atoms with Gasteiger partial charge in [-0.1, -0.05) is 18.2 Å². The van der Waals surface area contributed by atoms with E-state index in [0.717, 1.165) is 4.90 Å². The van der Waals surface area contributed by atoms with Gasteiger partial charge >= 0.3 is 5.97 Å². The first-order chi connectivity index (χ1) is 12.5. The van der Waals surface area contributed by atoms with Gasteiger partial charge in [0.1, 0.15) is 12.3 Å². The Hall–Kier alpha value is -3.42. The van der Waals surface area contributed by atoms with Crippen molar-refractivity contribution in [2.75, 3.05) is 13.2 Å². The Bertz CT molecular complexity index is 843. The van der Waals surface area contributed by atoms with E-state index in [0.29, 0.717) is 16.9 Å². The van der Waals surface area contributed by atoms with Gasteiger partial charge in [-0.05, 0) is 23.8 Å². The molecule has 26 heavy (non-hydrogen) atoms. The third-order valence-corrected chi connectivity index (χ3v) is 3.83. The van der Waals surface area contributed by atoms with Gasteiger partial charge in [0, 0.05) is 5.56 Å². The summed E-state index contributed by atoms with van der Waals surface area (Å²) in [7, 11) is 0. The highest BCUT2D eigenvalue weighted by Gasteiger charge is 2.32. The number of hydrogen-bond donors (Lipinski definition) is 1. The van der Waals surface area contributed by atoms with Crippen LogP contribution in [-0.2, 0) is 32.1 Å². The normalized spacial score (nSPS) is 13.3. The van der Waals surface area contributed by atoms with Crippen LogP contribution in [0.3, 0.4) is 0 Å². The van der Waals surface area contributed by atoms with E-state index in [4.69, 9.17) is 9.15 Å². The van der Waals surface area contributed by atoms with E-state index in [9.17, 15) is 19.2 Å². The summed E-state index contributed by atoms with van der Waals surface area (Å²) in [5.74, 6) is -1.81. The second kappa shape index (κ2) is 7.64. The monoisotopic (exact) mass is 356 g/mol. The summed E-state index contributed by atoms with van der Waals surface area (Å²) < 4.78 is 9.89. The molecule has 1 aliphatic heterocycles. The molecule has 0 aliphatic carbocycles. The zero-order valence-electron chi connectivity index (χ0n) is 13.8. The average Bonchev–Trinajstić information content (AvgIpc) is 3.15. The van der Waals surface area contributed by atoms with E-state index in [1.54, 1.807) is 36.4 Å². The van der Waals surface area contributed by atoms with Crippen LogP contribution >= 0.6 is 0 Å². The standard InChI is InChI=1S/C18H16N2O6/c21-15(19-9-13-5-3-7-25-13)11-26-17(23)10-20-16(22)8-12-4-1-2-6-14(12)18(20)24/h1-7H,8-11H2,(H,19,21). The maximum atomic E-state index is 12.3. The molecule has 0 saturated carbocycles. The molecule has 1 aliphatic rings. The van der Waals surface area contributed by atoms with Gasteiger partial charge in [0.2, 0.25) is 5.91 Å². The topological polar surface area (TPSA) is 106 Å². The summed E-state index contributed by atoms with van der Waals surface area (Å²) in [6.45, 7) is -0.868. The number of rotatable bonds is 6. The molecule has 0 fully saturated rings. The molecule has 0 unspecified atom stereocenters. The lowest BCUT2D eigenvalue weighted by Gasteiger charge is -2.25. The Morgan fingerprint density at radius 1 is 1.15 bits per heavy atom. The summed E-state index contributed by atoms with van der Waals surface area (Å²) in [5.41, 5.74) is 1.01.